The Morgan fingerprint density at radius 3 is 2.37 bits per heavy atom. The lowest BCUT2D eigenvalue weighted by atomic mass is 9.86. The molecule has 4 N–H and O–H groups in total. The number of nitrogens with two attached hydrogens (primary N) is 1. The van der Waals surface area contributed by atoms with Crippen molar-refractivity contribution in [2.45, 2.75) is 39.2 Å². The van der Waals surface area contributed by atoms with Crippen LogP contribution in [0.15, 0.2) is 12.2 Å². The molecule has 0 bridgehead atoms. The Morgan fingerprint density at radius 2 is 2.00 bits per heavy atom. The van der Waals surface area contributed by atoms with E-state index in [1.807, 2.05) is 0 Å². The maximum Gasteiger partial charge on any atom is 0.265 e. The summed E-state index contributed by atoms with van der Waals surface area (Å²) in [5.74, 6) is -0.965. The van der Waals surface area contributed by atoms with Crippen molar-refractivity contribution >= 4 is 16.0 Å². The van der Waals surface area contributed by atoms with Gasteiger partial charge in [0.1, 0.15) is 0 Å². The molecule has 0 aliphatic carbocycles. The van der Waals surface area contributed by atoms with Gasteiger partial charge in [-0.25, -0.2) is 0 Å². The molecular weight excluding hydrogens is 268 g/mol. The molecular formula is C12H24N2O4S. The second kappa shape index (κ2) is 7.02. The van der Waals surface area contributed by atoms with Crippen molar-refractivity contribution in [3.63, 3.8) is 0 Å². The van der Waals surface area contributed by atoms with Crippen molar-refractivity contribution < 1.29 is 17.8 Å². The van der Waals surface area contributed by atoms with Crippen LogP contribution >= 0.6 is 0 Å². The monoisotopic (exact) mass is 292 g/mol. The molecule has 0 aromatic heterocycles. The van der Waals surface area contributed by atoms with Gasteiger partial charge in [0.05, 0.1) is 5.75 Å². The molecule has 0 aliphatic rings. The molecule has 0 radical (unpaired) electrons. The van der Waals surface area contributed by atoms with E-state index in [1.54, 1.807) is 20.8 Å². The second-order valence-electron chi connectivity index (χ2n) is 5.45. The molecule has 0 rings (SSSR count). The van der Waals surface area contributed by atoms with E-state index >= 15 is 0 Å². The Hall–Kier alpha value is -0.920. The third-order valence-electron chi connectivity index (χ3n) is 2.87. The Morgan fingerprint density at radius 1 is 1.47 bits per heavy atom. The van der Waals surface area contributed by atoms with Gasteiger partial charge in [-0.1, -0.05) is 6.58 Å². The van der Waals surface area contributed by atoms with E-state index < -0.39 is 15.7 Å². The minimum Gasteiger partial charge on any atom is -0.352 e. The number of hydrogen-bond donors (Lipinski definition) is 3. The molecule has 0 saturated heterocycles. The SMILES string of the molecule is C=C(C)C(=O)NCCCC(CS(=O)(=O)O)C(C)(C)N. The van der Waals surface area contributed by atoms with Gasteiger partial charge in [0, 0.05) is 17.7 Å². The Kier molecular flexibility index (Phi) is 6.68. The molecule has 1 atom stereocenters. The summed E-state index contributed by atoms with van der Waals surface area (Å²) in [4.78, 5) is 11.2. The van der Waals surface area contributed by atoms with Gasteiger partial charge in [0.15, 0.2) is 0 Å². The average Bonchev–Trinajstić information content (AvgIpc) is 2.18. The van der Waals surface area contributed by atoms with Crippen molar-refractivity contribution in [2.75, 3.05) is 12.3 Å². The summed E-state index contributed by atoms with van der Waals surface area (Å²) >= 11 is 0. The predicted octanol–water partition coefficient (Wildman–Crippen LogP) is 0.700. The van der Waals surface area contributed by atoms with Gasteiger partial charge in [0.25, 0.3) is 10.1 Å². The molecule has 112 valence electrons. The molecule has 19 heavy (non-hydrogen) atoms. The molecule has 6 nitrogen and oxygen atoms in total. The van der Waals surface area contributed by atoms with Gasteiger partial charge in [-0.3, -0.25) is 9.35 Å². The van der Waals surface area contributed by atoms with Crippen LogP contribution < -0.4 is 11.1 Å². The summed E-state index contributed by atoms with van der Waals surface area (Å²) in [5.41, 5.74) is 5.61. The van der Waals surface area contributed by atoms with Crippen molar-refractivity contribution in [3.05, 3.63) is 12.2 Å². The van der Waals surface area contributed by atoms with Crippen LogP contribution in [0.3, 0.4) is 0 Å². The summed E-state index contributed by atoms with van der Waals surface area (Å²) < 4.78 is 30.8. The van der Waals surface area contributed by atoms with E-state index in [1.165, 1.54) is 0 Å². The summed E-state index contributed by atoms with van der Waals surface area (Å²) in [6.45, 7) is 8.98. The zero-order valence-electron chi connectivity index (χ0n) is 11.8. The fourth-order valence-electron chi connectivity index (χ4n) is 1.63. The first kappa shape index (κ1) is 18.1. The van der Waals surface area contributed by atoms with Crippen LogP contribution in [0.2, 0.25) is 0 Å². The van der Waals surface area contributed by atoms with Gasteiger partial charge in [-0.2, -0.15) is 8.42 Å². The van der Waals surface area contributed by atoms with E-state index in [9.17, 15) is 13.2 Å². The topological polar surface area (TPSA) is 109 Å². The molecule has 0 heterocycles. The van der Waals surface area contributed by atoms with E-state index in [0.717, 1.165) is 0 Å². The standard InChI is InChI=1S/C12H24N2O4S/c1-9(2)11(15)14-7-5-6-10(12(3,4)13)8-19(16,17)18/h10H,1,5-8,13H2,2-4H3,(H,14,15)(H,16,17,18). The van der Waals surface area contributed by atoms with Crippen LogP contribution in [0, 0.1) is 5.92 Å². The number of rotatable bonds is 8. The largest absolute Gasteiger partial charge is 0.352 e. The summed E-state index contributed by atoms with van der Waals surface area (Å²) in [6.07, 6.45) is 1.08. The molecule has 0 saturated carbocycles. The number of hydrogen-bond acceptors (Lipinski definition) is 4. The smallest absolute Gasteiger partial charge is 0.265 e. The number of nitrogens with one attached hydrogen (secondary N) is 1. The normalized spacial score (nSPS) is 13.9. The van der Waals surface area contributed by atoms with Gasteiger partial charge in [-0.15, -0.1) is 0 Å². The summed E-state index contributed by atoms with van der Waals surface area (Å²) in [6, 6.07) is 0. The van der Waals surface area contributed by atoms with Crippen LogP contribution in [-0.4, -0.2) is 36.7 Å². The molecule has 0 spiro atoms. The lowest BCUT2D eigenvalue weighted by Gasteiger charge is -2.29. The molecule has 1 amide bonds. The number of carbonyl (C=O) groups is 1. The number of amides is 1. The van der Waals surface area contributed by atoms with Crippen molar-refractivity contribution in [2.24, 2.45) is 11.7 Å². The van der Waals surface area contributed by atoms with Crippen LogP contribution in [0.25, 0.3) is 0 Å². The maximum absolute atomic E-state index is 11.2. The first-order valence-electron chi connectivity index (χ1n) is 6.11. The van der Waals surface area contributed by atoms with Crippen LogP contribution in [-0.2, 0) is 14.9 Å². The second-order valence-corrected chi connectivity index (χ2v) is 6.94. The van der Waals surface area contributed by atoms with Crippen LogP contribution in [0.4, 0.5) is 0 Å². The first-order valence-corrected chi connectivity index (χ1v) is 7.72. The third-order valence-corrected chi connectivity index (χ3v) is 3.69. The molecule has 0 aliphatic heterocycles. The average molecular weight is 292 g/mol. The molecule has 7 heteroatoms. The lowest BCUT2D eigenvalue weighted by Crippen LogP contribution is -2.44. The highest BCUT2D eigenvalue weighted by molar-refractivity contribution is 7.85. The third kappa shape index (κ3) is 8.74. The maximum atomic E-state index is 11.2. The lowest BCUT2D eigenvalue weighted by molar-refractivity contribution is -0.117. The van der Waals surface area contributed by atoms with E-state index in [2.05, 4.69) is 11.9 Å². The fourth-order valence-corrected chi connectivity index (χ4v) is 2.73. The highest BCUT2D eigenvalue weighted by atomic mass is 32.2. The van der Waals surface area contributed by atoms with Crippen molar-refractivity contribution in [1.29, 1.82) is 0 Å². The van der Waals surface area contributed by atoms with Gasteiger partial charge in [-0.05, 0) is 39.5 Å². The highest BCUT2D eigenvalue weighted by Gasteiger charge is 2.28. The minimum atomic E-state index is -4.05. The summed E-state index contributed by atoms with van der Waals surface area (Å²) in [5, 5.41) is 2.66. The summed E-state index contributed by atoms with van der Waals surface area (Å²) in [7, 11) is -4.05. The first-order chi connectivity index (χ1) is 8.43. The zero-order chi connectivity index (χ0) is 15.3. The van der Waals surface area contributed by atoms with Crippen LogP contribution in [0.1, 0.15) is 33.6 Å². The molecule has 0 aromatic rings. The Bertz CT molecular complexity index is 424. The van der Waals surface area contributed by atoms with Crippen molar-refractivity contribution in [3.8, 4) is 0 Å². The quantitative estimate of drug-likeness (QED) is 0.346. The fraction of sp³-hybridized carbons (Fsp3) is 0.750. The Balaban J connectivity index is 4.30. The van der Waals surface area contributed by atoms with Gasteiger partial charge >= 0.3 is 0 Å². The minimum absolute atomic E-state index is 0.224. The van der Waals surface area contributed by atoms with Gasteiger partial charge < -0.3 is 11.1 Å². The van der Waals surface area contributed by atoms with E-state index in [0.29, 0.717) is 25.0 Å². The molecule has 0 fully saturated rings. The Labute approximate surface area is 115 Å². The van der Waals surface area contributed by atoms with Crippen molar-refractivity contribution in [1.82, 2.24) is 5.32 Å². The van der Waals surface area contributed by atoms with E-state index in [4.69, 9.17) is 10.3 Å². The van der Waals surface area contributed by atoms with Crippen LogP contribution in [0.5, 0.6) is 0 Å². The molecule has 1 unspecified atom stereocenters. The zero-order valence-corrected chi connectivity index (χ0v) is 12.6. The van der Waals surface area contributed by atoms with Gasteiger partial charge in [0.2, 0.25) is 5.91 Å². The molecule has 0 aromatic carbocycles. The highest BCUT2D eigenvalue weighted by Crippen LogP contribution is 2.21. The predicted molar refractivity (Wildman–Crippen MR) is 75.2 cm³/mol. The number of carbonyl (C=O) groups excluding carboxylic acids is 1. The van der Waals surface area contributed by atoms with E-state index in [-0.39, 0.29) is 17.6 Å².